The fraction of sp³-hybridized carbons (Fsp3) is 0.385. The Kier molecular flexibility index (Phi) is 4.43. The van der Waals surface area contributed by atoms with Crippen molar-refractivity contribution in [2.75, 3.05) is 0 Å². The van der Waals surface area contributed by atoms with Crippen molar-refractivity contribution in [2.24, 2.45) is 0 Å². The number of amides is 1. The van der Waals surface area contributed by atoms with E-state index in [1.54, 1.807) is 11.3 Å². The lowest BCUT2D eigenvalue weighted by molar-refractivity contribution is 0.0944. The van der Waals surface area contributed by atoms with Crippen molar-refractivity contribution in [3.63, 3.8) is 0 Å². The van der Waals surface area contributed by atoms with Crippen LogP contribution in [0.15, 0.2) is 9.85 Å². The van der Waals surface area contributed by atoms with Gasteiger partial charge < -0.3 is 5.32 Å². The Hall–Kier alpha value is -0.720. The summed E-state index contributed by atoms with van der Waals surface area (Å²) in [6, 6.07) is 1.89. The average Bonchev–Trinajstić information content (AvgIpc) is 2.82. The molecule has 0 bridgehead atoms. The molecule has 3 nitrogen and oxygen atoms in total. The van der Waals surface area contributed by atoms with Crippen LogP contribution in [0, 0.1) is 20.8 Å². The van der Waals surface area contributed by atoms with Gasteiger partial charge >= 0.3 is 0 Å². The van der Waals surface area contributed by atoms with Crippen molar-refractivity contribution >= 4 is 44.5 Å². The van der Waals surface area contributed by atoms with Crippen LogP contribution in [0.2, 0.25) is 0 Å². The van der Waals surface area contributed by atoms with E-state index >= 15 is 0 Å². The van der Waals surface area contributed by atoms with Crippen molar-refractivity contribution in [3.8, 4) is 0 Å². The van der Waals surface area contributed by atoms with Gasteiger partial charge in [-0.3, -0.25) is 4.79 Å². The topological polar surface area (TPSA) is 42.0 Å². The molecule has 1 atom stereocenters. The first-order valence-corrected chi connectivity index (χ1v) is 8.31. The zero-order chi connectivity index (χ0) is 14.2. The first-order valence-electron chi connectivity index (χ1n) is 5.89. The third kappa shape index (κ3) is 3.24. The Morgan fingerprint density at radius 1 is 1.37 bits per heavy atom. The van der Waals surface area contributed by atoms with Gasteiger partial charge in [0.15, 0.2) is 0 Å². The molecule has 1 amide bonds. The van der Waals surface area contributed by atoms with Crippen molar-refractivity contribution in [3.05, 3.63) is 35.9 Å². The van der Waals surface area contributed by atoms with Crippen LogP contribution in [0.4, 0.5) is 0 Å². The molecule has 19 heavy (non-hydrogen) atoms. The molecule has 1 N–H and O–H groups in total. The fourth-order valence-electron chi connectivity index (χ4n) is 1.85. The summed E-state index contributed by atoms with van der Waals surface area (Å²) < 4.78 is 1.01. The Bertz CT molecular complexity index is 599. The van der Waals surface area contributed by atoms with Gasteiger partial charge in [0.05, 0.1) is 25.4 Å². The van der Waals surface area contributed by atoms with Gasteiger partial charge in [0.1, 0.15) is 0 Å². The average molecular weight is 359 g/mol. The first kappa shape index (κ1) is 14.7. The maximum Gasteiger partial charge on any atom is 0.261 e. The maximum absolute atomic E-state index is 12.2. The minimum Gasteiger partial charge on any atom is -0.344 e. The van der Waals surface area contributed by atoms with Gasteiger partial charge in [-0.1, -0.05) is 0 Å². The van der Waals surface area contributed by atoms with Gasteiger partial charge in [-0.05, 0) is 55.3 Å². The van der Waals surface area contributed by atoms with Crippen LogP contribution in [0.1, 0.15) is 43.8 Å². The lowest BCUT2D eigenvalue weighted by Gasteiger charge is -2.11. The van der Waals surface area contributed by atoms with Crippen LogP contribution in [-0.2, 0) is 0 Å². The molecule has 0 saturated carbocycles. The summed E-state index contributed by atoms with van der Waals surface area (Å²) in [6.07, 6.45) is 0. The van der Waals surface area contributed by atoms with Crippen LogP contribution in [0.25, 0.3) is 0 Å². The number of hydrogen-bond donors (Lipinski definition) is 1. The van der Waals surface area contributed by atoms with Gasteiger partial charge in [0.25, 0.3) is 5.91 Å². The number of hydrogen-bond acceptors (Lipinski definition) is 4. The van der Waals surface area contributed by atoms with E-state index in [0.29, 0.717) is 0 Å². The predicted molar refractivity (Wildman–Crippen MR) is 84.2 cm³/mol. The predicted octanol–water partition coefficient (Wildman–Crippen LogP) is 4.38. The summed E-state index contributed by atoms with van der Waals surface area (Å²) in [7, 11) is 0. The largest absolute Gasteiger partial charge is 0.344 e. The molecule has 0 radical (unpaired) electrons. The summed E-state index contributed by atoms with van der Waals surface area (Å²) in [5.74, 6) is -0.0308. The summed E-state index contributed by atoms with van der Waals surface area (Å²) in [5, 5.41) is 4.06. The number of nitrogens with zero attached hydrogens (tertiary/aromatic N) is 1. The van der Waals surface area contributed by atoms with Crippen molar-refractivity contribution in [2.45, 2.75) is 33.7 Å². The minimum atomic E-state index is -0.0308. The van der Waals surface area contributed by atoms with Crippen molar-refractivity contribution in [1.29, 1.82) is 0 Å². The van der Waals surface area contributed by atoms with E-state index in [-0.39, 0.29) is 11.9 Å². The van der Waals surface area contributed by atoms with Gasteiger partial charge in [-0.15, -0.1) is 22.7 Å². The van der Waals surface area contributed by atoms with Crippen LogP contribution in [-0.4, -0.2) is 10.9 Å². The third-order valence-corrected chi connectivity index (χ3v) is 6.15. The molecular weight excluding hydrogens is 344 g/mol. The standard InChI is InChI=1S/C13H15BrN2OS2/c1-6-5-10(19-12(6)14)13(17)16-8(3)11-7(2)15-9(4)18-11/h5,8H,1-4H3,(H,16,17). The third-order valence-electron chi connectivity index (χ3n) is 2.76. The smallest absolute Gasteiger partial charge is 0.261 e. The van der Waals surface area contributed by atoms with Gasteiger partial charge in [-0.25, -0.2) is 4.98 Å². The number of aromatic nitrogens is 1. The molecule has 2 rings (SSSR count). The van der Waals surface area contributed by atoms with Gasteiger partial charge in [0, 0.05) is 4.88 Å². The number of thiophene rings is 1. The van der Waals surface area contributed by atoms with Crippen molar-refractivity contribution < 1.29 is 4.79 Å². The van der Waals surface area contributed by atoms with Gasteiger partial charge in [-0.2, -0.15) is 0 Å². The second kappa shape index (κ2) is 5.73. The molecule has 2 aromatic rings. The molecule has 1 unspecified atom stereocenters. The molecule has 6 heteroatoms. The fourth-order valence-corrected chi connectivity index (χ4v) is 4.22. The lowest BCUT2D eigenvalue weighted by Crippen LogP contribution is -2.25. The van der Waals surface area contributed by atoms with Gasteiger partial charge in [0.2, 0.25) is 0 Å². The normalized spacial score (nSPS) is 12.5. The number of rotatable bonds is 3. The number of aryl methyl sites for hydroxylation is 3. The van der Waals surface area contributed by atoms with E-state index in [2.05, 4.69) is 26.2 Å². The second-order valence-corrected chi connectivity index (χ2v) is 8.05. The maximum atomic E-state index is 12.2. The molecular formula is C13H15BrN2OS2. The highest BCUT2D eigenvalue weighted by molar-refractivity contribution is 9.11. The first-order chi connectivity index (χ1) is 8.88. The van der Waals surface area contributed by atoms with Crippen molar-refractivity contribution in [1.82, 2.24) is 10.3 Å². The summed E-state index contributed by atoms with van der Waals surface area (Å²) in [6.45, 7) is 7.94. The van der Waals surface area contributed by atoms with E-state index in [1.165, 1.54) is 11.3 Å². The highest BCUT2D eigenvalue weighted by Crippen LogP contribution is 2.29. The van der Waals surface area contributed by atoms with E-state index in [9.17, 15) is 4.79 Å². The molecule has 102 valence electrons. The Balaban J connectivity index is 2.12. The molecule has 2 aromatic heterocycles. The zero-order valence-electron chi connectivity index (χ0n) is 11.2. The second-order valence-electron chi connectivity index (χ2n) is 4.45. The molecule has 0 aliphatic carbocycles. The van der Waals surface area contributed by atoms with Crippen LogP contribution < -0.4 is 5.32 Å². The molecule has 0 aromatic carbocycles. The zero-order valence-corrected chi connectivity index (χ0v) is 14.4. The Morgan fingerprint density at radius 3 is 2.53 bits per heavy atom. The Labute approximate surface area is 129 Å². The monoisotopic (exact) mass is 358 g/mol. The van der Waals surface area contributed by atoms with Crippen LogP contribution in [0.3, 0.4) is 0 Å². The van der Waals surface area contributed by atoms with E-state index < -0.39 is 0 Å². The van der Waals surface area contributed by atoms with E-state index in [4.69, 9.17) is 0 Å². The molecule has 0 aliphatic rings. The molecule has 0 saturated heterocycles. The highest BCUT2D eigenvalue weighted by Gasteiger charge is 2.18. The summed E-state index contributed by atoms with van der Waals surface area (Å²) in [4.78, 5) is 18.4. The van der Waals surface area contributed by atoms with E-state index in [1.807, 2.05) is 33.8 Å². The van der Waals surface area contributed by atoms with Crippen LogP contribution >= 0.6 is 38.6 Å². The number of nitrogens with one attached hydrogen (secondary N) is 1. The molecule has 0 spiro atoms. The SMILES string of the molecule is Cc1nc(C)c(C(C)NC(=O)c2cc(C)c(Br)s2)s1. The Morgan fingerprint density at radius 2 is 2.05 bits per heavy atom. The van der Waals surface area contributed by atoms with E-state index in [0.717, 1.165) is 29.8 Å². The number of halogens is 1. The minimum absolute atomic E-state index is 0.0140. The number of carbonyl (C=O) groups excluding carboxylic acids is 1. The number of carbonyl (C=O) groups is 1. The number of thiazole rings is 1. The molecule has 0 aliphatic heterocycles. The summed E-state index contributed by atoms with van der Waals surface area (Å²) in [5.41, 5.74) is 2.09. The summed E-state index contributed by atoms with van der Waals surface area (Å²) >= 11 is 6.54. The van der Waals surface area contributed by atoms with Crippen LogP contribution in [0.5, 0.6) is 0 Å². The molecule has 2 heterocycles. The molecule has 0 fully saturated rings. The quantitative estimate of drug-likeness (QED) is 0.884. The lowest BCUT2D eigenvalue weighted by atomic mass is 10.2. The highest BCUT2D eigenvalue weighted by atomic mass is 79.9.